The summed E-state index contributed by atoms with van der Waals surface area (Å²) in [7, 11) is -3.93. The Bertz CT molecular complexity index is 1080. The van der Waals surface area contributed by atoms with Gasteiger partial charge in [0.15, 0.2) is 0 Å². The van der Waals surface area contributed by atoms with Crippen LogP contribution < -0.4 is 9.62 Å². The Hall–Kier alpha value is -3.19. The van der Waals surface area contributed by atoms with Crippen molar-refractivity contribution in [2.24, 2.45) is 0 Å². The van der Waals surface area contributed by atoms with Crippen LogP contribution >= 0.6 is 0 Å². The van der Waals surface area contributed by atoms with Gasteiger partial charge in [-0.25, -0.2) is 8.42 Å². The van der Waals surface area contributed by atoms with E-state index in [0.29, 0.717) is 17.8 Å². The highest BCUT2D eigenvalue weighted by molar-refractivity contribution is 7.92. The molecule has 29 heavy (non-hydrogen) atoms. The van der Waals surface area contributed by atoms with Crippen molar-refractivity contribution in [1.29, 1.82) is 0 Å². The fourth-order valence-electron chi connectivity index (χ4n) is 2.96. The molecule has 0 unspecified atom stereocenters. The van der Waals surface area contributed by atoms with Crippen LogP contribution in [0.5, 0.6) is 0 Å². The van der Waals surface area contributed by atoms with Gasteiger partial charge in [0, 0.05) is 6.20 Å². The second-order valence-corrected chi connectivity index (χ2v) is 8.46. The van der Waals surface area contributed by atoms with Crippen LogP contribution in [0.15, 0.2) is 78.0 Å². The Morgan fingerprint density at radius 3 is 2.41 bits per heavy atom. The number of rotatable bonds is 7. The number of nitrogens with one attached hydrogen (secondary N) is 1. The number of pyridine rings is 1. The second kappa shape index (κ2) is 8.87. The van der Waals surface area contributed by atoms with E-state index in [0.717, 1.165) is 11.1 Å². The van der Waals surface area contributed by atoms with Crippen molar-refractivity contribution in [3.63, 3.8) is 0 Å². The van der Waals surface area contributed by atoms with Gasteiger partial charge < -0.3 is 5.32 Å². The predicted octanol–water partition coefficient (Wildman–Crippen LogP) is 3.79. The van der Waals surface area contributed by atoms with Gasteiger partial charge in [0.2, 0.25) is 5.91 Å². The molecule has 1 heterocycles. The zero-order valence-electron chi connectivity index (χ0n) is 16.4. The maximum absolute atomic E-state index is 13.4. The second-order valence-electron chi connectivity index (χ2n) is 6.60. The number of carbonyl (C=O) groups excluding carboxylic acids is 1. The van der Waals surface area contributed by atoms with Crippen LogP contribution in [-0.2, 0) is 21.2 Å². The fraction of sp³-hybridized carbons (Fsp3) is 0.182. The monoisotopic (exact) mass is 409 g/mol. The van der Waals surface area contributed by atoms with E-state index in [2.05, 4.69) is 10.3 Å². The molecule has 6 nitrogen and oxygen atoms in total. The van der Waals surface area contributed by atoms with Crippen LogP contribution in [0.3, 0.4) is 0 Å². The molecular formula is C22H23N3O3S. The minimum absolute atomic E-state index is 0.142. The van der Waals surface area contributed by atoms with Crippen LogP contribution in [-0.4, -0.2) is 25.9 Å². The summed E-state index contributed by atoms with van der Waals surface area (Å²) in [5, 5.41) is 2.70. The molecule has 1 aromatic heterocycles. The van der Waals surface area contributed by atoms with E-state index in [1.165, 1.54) is 10.5 Å². The maximum Gasteiger partial charge on any atom is 0.264 e. The van der Waals surface area contributed by atoms with Crippen molar-refractivity contribution < 1.29 is 13.2 Å². The van der Waals surface area contributed by atoms with Crippen LogP contribution in [0.2, 0.25) is 0 Å². The number of hydrogen-bond donors (Lipinski definition) is 1. The van der Waals surface area contributed by atoms with Crippen LogP contribution in [0, 0.1) is 6.92 Å². The van der Waals surface area contributed by atoms with Crippen molar-refractivity contribution in [3.8, 4) is 0 Å². The summed E-state index contributed by atoms with van der Waals surface area (Å²) >= 11 is 0. The molecule has 0 radical (unpaired) electrons. The van der Waals surface area contributed by atoms with E-state index in [9.17, 15) is 13.2 Å². The van der Waals surface area contributed by atoms with Crippen LogP contribution in [0.1, 0.15) is 18.1 Å². The van der Waals surface area contributed by atoms with Crippen molar-refractivity contribution in [1.82, 2.24) is 4.98 Å². The number of anilines is 2. The highest BCUT2D eigenvalue weighted by Gasteiger charge is 2.28. The molecular weight excluding hydrogens is 386 g/mol. The first-order chi connectivity index (χ1) is 13.9. The molecule has 7 heteroatoms. The summed E-state index contributed by atoms with van der Waals surface area (Å²) in [6.45, 7) is 3.50. The number of sulfonamides is 1. The van der Waals surface area contributed by atoms with E-state index >= 15 is 0 Å². The van der Waals surface area contributed by atoms with E-state index < -0.39 is 15.9 Å². The lowest BCUT2D eigenvalue weighted by Crippen LogP contribution is -2.38. The number of amides is 1. The first-order valence-corrected chi connectivity index (χ1v) is 10.7. The fourth-order valence-corrected chi connectivity index (χ4v) is 4.42. The van der Waals surface area contributed by atoms with Gasteiger partial charge >= 0.3 is 0 Å². The van der Waals surface area contributed by atoms with Gasteiger partial charge in [-0.1, -0.05) is 42.8 Å². The molecule has 0 saturated carbocycles. The van der Waals surface area contributed by atoms with Gasteiger partial charge in [-0.05, 0) is 49.2 Å². The number of aromatic nitrogens is 1. The Balaban J connectivity index is 2.00. The zero-order chi connectivity index (χ0) is 20.9. The topological polar surface area (TPSA) is 79.4 Å². The van der Waals surface area contributed by atoms with E-state index in [-0.39, 0.29) is 11.4 Å². The number of para-hydroxylation sites is 1. The minimum atomic E-state index is -3.93. The third-order valence-corrected chi connectivity index (χ3v) is 6.26. The van der Waals surface area contributed by atoms with E-state index in [1.54, 1.807) is 54.7 Å². The molecule has 0 aliphatic carbocycles. The number of carbonyl (C=O) groups is 1. The number of hydrogen-bond acceptors (Lipinski definition) is 4. The normalized spacial score (nSPS) is 11.1. The predicted molar refractivity (Wildman–Crippen MR) is 114 cm³/mol. The largest absolute Gasteiger partial charge is 0.323 e. The van der Waals surface area contributed by atoms with Gasteiger partial charge in [-0.3, -0.25) is 14.1 Å². The van der Waals surface area contributed by atoms with E-state index in [4.69, 9.17) is 0 Å². The number of nitrogens with zero attached hydrogens (tertiary/aromatic N) is 2. The molecule has 1 amide bonds. The molecule has 3 rings (SSSR count). The van der Waals surface area contributed by atoms with Gasteiger partial charge in [0.25, 0.3) is 10.0 Å². The molecule has 0 bridgehead atoms. The summed E-state index contributed by atoms with van der Waals surface area (Å²) < 4.78 is 28.0. The Morgan fingerprint density at radius 2 is 1.76 bits per heavy atom. The lowest BCUT2D eigenvalue weighted by molar-refractivity contribution is -0.114. The maximum atomic E-state index is 13.4. The highest BCUT2D eigenvalue weighted by atomic mass is 32.2. The Morgan fingerprint density at radius 1 is 1.03 bits per heavy atom. The summed E-state index contributed by atoms with van der Waals surface area (Å²) in [6.07, 6.45) is 3.75. The standard InChI is InChI=1S/C22H23N3O3S/c1-3-18-7-4-5-9-21(18)25(16-22(26)24-19-8-6-14-23-15-19)29(27,28)20-12-10-17(2)11-13-20/h4-15H,3,16H2,1-2H3,(H,24,26). The minimum Gasteiger partial charge on any atom is -0.323 e. The molecule has 150 valence electrons. The first-order valence-electron chi connectivity index (χ1n) is 9.29. The third kappa shape index (κ3) is 4.81. The lowest BCUT2D eigenvalue weighted by Gasteiger charge is -2.26. The molecule has 0 atom stereocenters. The van der Waals surface area contributed by atoms with Gasteiger partial charge in [0.05, 0.1) is 22.5 Å². The number of aryl methyl sites for hydroxylation is 2. The smallest absolute Gasteiger partial charge is 0.264 e. The van der Waals surface area contributed by atoms with Crippen molar-refractivity contribution in [2.45, 2.75) is 25.2 Å². The van der Waals surface area contributed by atoms with Crippen molar-refractivity contribution in [3.05, 3.63) is 84.2 Å². The number of benzene rings is 2. The highest BCUT2D eigenvalue weighted by Crippen LogP contribution is 2.27. The molecule has 0 saturated heterocycles. The average molecular weight is 410 g/mol. The summed E-state index contributed by atoms with van der Waals surface area (Å²) in [5.41, 5.74) is 2.81. The first kappa shape index (κ1) is 20.5. The SMILES string of the molecule is CCc1ccccc1N(CC(=O)Nc1cccnc1)S(=O)(=O)c1ccc(C)cc1. The summed E-state index contributed by atoms with van der Waals surface area (Å²) in [5.74, 6) is -0.445. The molecule has 1 N–H and O–H groups in total. The van der Waals surface area contributed by atoms with Gasteiger partial charge in [-0.2, -0.15) is 0 Å². The average Bonchev–Trinajstić information content (AvgIpc) is 2.73. The Labute approximate surface area is 171 Å². The lowest BCUT2D eigenvalue weighted by atomic mass is 10.1. The quantitative estimate of drug-likeness (QED) is 0.644. The molecule has 0 aliphatic rings. The summed E-state index contributed by atoms with van der Waals surface area (Å²) in [4.78, 5) is 16.8. The molecule has 2 aromatic carbocycles. The summed E-state index contributed by atoms with van der Waals surface area (Å²) in [6, 6.07) is 17.2. The molecule has 0 aliphatic heterocycles. The zero-order valence-corrected chi connectivity index (χ0v) is 17.2. The molecule has 0 fully saturated rings. The molecule has 3 aromatic rings. The molecule has 0 spiro atoms. The Kier molecular flexibility index (Phi) is 6.29. The third-order valence-electron chi connectivity index (χ3n) is 4.48. The van der Waals surface area contributed by atoms with Crippen molar-refractivity contribution in [2.75, 3.05) is 16.2 Å². The van der Waals surface area contributed by atoms with Gasteiger partial charge in [0.1, 0.15) is 6.54 Å². The van der Waals surface area contributed by atoms with Gasteiger partial charge in [-0.15, -0.1) is 0 Å². The van der Waals surface area contributed by atoms with Crippen molar-refractivity contribution >= 4 is 27.3 Å². The van der Waals surface area contributed by atoms with Crippen LogP contribution in [0.4, 0.5) is 11.4 Å². The van der Waals surface area contributed by atoms with E-state index in [1.807, 2.05) is 26.0 Å². The van der Waals surface area contributed by atoms with Crippen LogP contribution in [0.25, 0.3) is 0 Å².